The molecular formula is C48H31BN4S. The first-order chi connectivity index (χ1) is 26.8. The molecule has 0 amide bonds. The molecule has 0 bridgehead atoms. The average Bonchev–Trinajstić information content (AvgIpc) is 3.76. The molecule has 4 aromatic heterocycles. The number of rotatable bonds is 5. The minimum absolute atomic E-state index is 0.0388. The second kappa shape index (κ2) is 12.5. The Balaban J connectivity index is 1.19. The van der Waals surface area contributed by atoms with Crippen LogP contribution < -0.4 is 16.4 Å². The molecule has 0 N–H and O–H groups in total. The van der Waals surface area contributed by atoms with Crippen molar-refractivity contribution in [3.05, 3.63) is 188 Å². The van der Waals surface area contributed by atoms with Gasteiger partial charge in [0.2, 0.25) is 6.71 Å². The Hall–Kier alpha value is -6.63. The summed E-state index contributed by atoms with van der Waals surface area (Å²) < 4.78 is 4.90. The van der Waals surface area contributed by atoms with Crippen LogP contribution in [0, 0.1) is 0 Å². The number of fused-ring (bicyclic) bond motifs is 7. The lowest BCUT2D eigenvalue weighted by Gasteiger charge is -2.29. The Morgan fingerprint density at radius 3 is 1.63 bits per heavy atom. The molecule has 54 heavy (non-hydrogen) atoms. The van der Waals surface area contributed by atoms with Crippen LogP contribution in [0.2, 0.25) is 0 Å². The minimum atomic E-state index is -0.0388. The maximum Gasteiger partial charge on any atom is 0.245 e. The molecule has 0 saturated carbocycles. The monoisotopic (exact) mass is 706 g/mol. The molecular weight excluding hydrogens is 675 g/mol. The van der Waals surface area contributed by atoms with Crippen molar-refractivity contribution in [1.29, 1.82) is 0 Å². The summed E-state index contributed by atoms with van der Waals surface area (Å²) in [6.07, 6.45) is 3.77. The first kappa shape index (κ1) is 31.0. The van der Waals surface area contributed by atoms with Gasteiger partial charge in [-0.05, 0) is 77.9 Å². The molecule has 6 heteroatoms. The number of benzene rings is 6. The fourth-order valence-electron chi connectivity index (χ4n) is 8.56. The van der Waals surface area contributed by atoms with Crippen molar-refractivity contribution in [3.8, 4) is 33.9 Å². The number of hydrogen-bond acceptors (Lipinski definition) is 3. The van der Waals surface area contributed by atoms with Crippen molar-refractivity contribution < 1.29 is 0 Å². The predicted molar refractivity (Wildman–Crippen MR) is 226 cm³/mol. The van der Waals surface area contributed by atoms with Crippen LogP contribution in [0.15, 0.2) is 198 Å². The highest BCUT2D eigenvalue weighted by atomic mass is 32.2. The number of hydrogen-bond donors (Lipinski definition) is 0. The van der Waals surface area contributed by atoms with E-state index in [-0.39, 0.29) is 6.71 Å². The van der Waals surface area contributed by atoms with E-state index in [9.17, 15) is 0 Å². The lowest BCUT2D eigenvalue weighted by atomic mass is 9.35. The van der Waals surface area contributed by atoms with Crippen LogP contribution in [0.3, 0.4) is 0 Å². The number of aromatic nitrogens is 4. The van der Waals surface area contributed by atoms with Crippen LogP contribution >= 0.6 is 11.8 Å². The van der Waals surface area contributed by atoms with Crippen molar-refractivity contribution in [3.63, 3.8) is 0 Å². The number of pyridine rings is 2. The molecule has 4 nitrogen and oxygen atoms in total. The zero-order valence-electron chi connectivity index (χ0n) is 29.2. The van der Waals surface area contributed by atoms with Gasteiger partial charge < -0.3 is 9.13 Å². The molecule has 11 rings (SSSR count). The second-order valence-electron chi connectivity index (χ2n) is 13.7. The molecule has 0 saturated heterocycles. The first-order valence-corrected chi connectivity index (χ1v) is 19.1. The highest BCUT2D eigenvalue weighted by Gasteiger charge is 2.35. The quantitative estimate of drug-likeness (QED) is 0.167. The molecule has 0 radical (unpaired) electrons. The molecule has 0 unspecified atom stereocenters. The van der Waals surface area contributed by atoms with Gasteiger partial charge in [0, 0.05) is 44.3 Å². The van der Waals surface area contributed by atoms with Crippen LogP contribution in [0.5, 0.6) is 0 Å². The maximum atomic E-state index is 4.87. The van der Waals surface area contributed by atoms with Gasteiger partial charge in [-0.25, -0.2) is 0 Å². The zero-order chi connectivity index (χ0) is 35.6. The molecule has 0 fully saturated rings. The fraction of sp³-hybridized carbons (Fsp3) is 0. The van der Waals surface area contributed by atoms with Crippen LogP contribution in [0.1, 0.15) is 0 Å². The van der Waals surface area contributed by atoms with Crippen molar-refractivity contribution in [2.75, 3.05) is 0 Å². The van der Waals surface area contributed by atoms with Gasteiger partial charge in [-0.3, -0.25) is 9.97 Å². The molecule has 1 aliphatic rings. The Morgan fingerprint density at radius 1 is 0.426 bits per heavy atom. The maximum absolute atomic E-state index is 4.87. The van der Waals surface area contributed by atoms with E-state index in [1.54, 1.807) is 0 Å². The third-order valence-electron chi connectivity index (χ3n) is 10.8. The summed E-state index contributed by atoms with van der Waals surface area (Å²) >= 11 is 1.86. The third kappa shape index (κ3) is 4.73. The normalized spacial score (nSPS) is 12.3. The summed E-state index contributed by atoms with van der Waals surface area (Å²) in [5, 5.41) is 2.45. The van der Waals surface area contributed by atoms with E-state index < -0.39 is 0 Å². The van der Waals surface area contributed by atoms with Gasteiger partial charge in [0.1, 0.15) is 0 Å². The van der Waals surface area contributed by atoms with Crippen LogP contribution in [0.25, 0.3) is 66.7 Å². The number of para-hydroxylation sites is 3. The molecule has 0 aliphatic carbocycles. The van der Waals surface area contributed by atoms with Gasteiger partial charge in [0.25, 0.3) is 0 Å². The SMILES string of the molecule is c1ccc(-n2c3ccccc3c3c2c2ccccc2n3-c2ccc3c(c2)Sc2ccccc2B3c2c(-c3ccccn3)cccc2-c2ccccn2)cc1. The average molecular weight is 707 g/mol. The van der Waals surface area contributed by atoms with Crippen molar-refractivity contribution >= 4 is 67.7 Å². The highest BCUT2D eigenvalue weighted by Crippen LogP contribution is 2.41. The van der Waals surface area contributed by atoms with E-state index in [1.165, 1.54) is 59.0 Å². The van der Waals surface area contributed by atoms with E-state index in [0.717, 1.165) is 33.9 Å². The Kier molecular flexibility index (Phi) is 7.17. The molecule has 10 aromatic rings. The largest absolute Gasteiger partial charge is 0.307 e. The Bertz CT molecular complexity index is 2960. The van der Waals surface area contributed by atoms with Gasteiger partial charge in [0.15, 0.2) is 0 Å². The van der Waals surface area contributed by atoms with Gasteiger partial charge >= 0.3 is 0 Å². The summed E-state index contributed by atoms with van der Waals surface area (Å²) in [6, 6.07) is 63.2. The summed E-state index contributed by atoms with van der Waals surface area (Å²) in [5.74, 6) is 0. The van der Waals surface area contributed by atoms with Gasteiger partial charge in [0.05, 0.1) is 33.5 Å². The summed E-state index contributed by atoms with van der Waals surface area (Å²) in [5.41, 5.74) is 15.1. The van der Waals surface area contributed by atoms with Crippen molar-refractivity contribution in [2.24, 2.45) is 0 Å². The van der Waals surface area contributed by atoms with E-state index in [0.29, 0.717) is 0 Å². The molecule has 1 aliphatic heterocycles. The Morgan fingerprint density at radius 2 is 0.981 bits per heavy atom. The van der Waals surface area contributed by atoms with Crippen LogP contribution in [0.4, 0.5) is 0 Å². The zero-order valence-corrected chi connectivity index (χ0v) is 30.0. The van der Waals surface area contributed by atoms with Crippen molar-refractivity contribution in [2.45, 2.75) is 9.79 Å². The molecule has 5 heterocycles. The molecule has 0 spiro atoms. The fourth-order valence-corrected chi connectivity index (χ4v) is 9.74. The lowest BCUT2D eigenvalue weighted by Crippen LogP contribution is -2.56. The van der Waals surface area contributed by atoms with Gasteiger partial charge in [-0.1, -0.05) is 137 Å². The standard InChI is InChI=1S/C48H31BN4S/c1-2-15-32(16-3-1)52-42-24-7-4-17-36(42)48-47(52)37-18-5-8-25-43(37)53(48)33-27-28-39-45(31-33)54-44-26-9-6-21-38(44)49(39)46-34(40-22-10-12-29-50-40)19-14-20-35(46)41-23-11-13-30-51-41/h1-31H. The summed E-state index contributed by atoms with van der Waals surface area (Å²) in [7, 11) is 0. The van der Waals surface area contributed by atoms with Crippen LogP contribution in [-0.2, 0) is 0 Å². The predicted octanol–water partition coefficient (Wildman–Crippen LogP) is 9.83. The first-order valence-electron chi connectivity index (χ1n) is 18.3. The van der Waals surface area contributed by atoms with E-state index in [2.05, 4.69) is 173 Å². The Labute approximate surface area is 317 Å². The van der Waals surface area contributed by atoms with E-state index >= 15 is 0 Å². The van der Waals surface area contributed by atoms with Gasteiger partial charge in [-0.15, -0.1) is 0 Å². The third-order valence-corrected chi connectivity index (χ3v) is 11.9. The highest BCUT2D eigenvalue weighted by molar-refractivity contribution is 8.00. The number of nitrogens with zero attached hydrogens (tertiary/aromatic N) is 4. The smallest absolute Gasteiger partial charge is 0.245 e. The van der Waals surface area contributed by atoms with Crippen molar-refractivity contribution in [1.82, 2.24) is 19.1 Å². The van der Waals surface area contributed by atoms with E-state index in [1.807, 2.05) is 36.3 Å². The van der Waals surface area contributed by atoms with E-state index in [4.69, 9.17) is 9.97 Å². The molecule has 252 valence electrons. The molecule has 0 atom stereocenters. The van der Waals surface area contributed by atoms with Gasteiger partial charge in [-0.2, -0.15) is 0 Å². The van der Waals surface area contributed by atoms with Crippen LogP contribution in [-0.4, -0.2) is 25.8 Å². The minimum Gasteiger partial charge on any atom is -0.307 e. The summed E-state index contributed by atoms with van der Waals surface area (Å²) in [6.45, 7) is -0.0388. The topological polar surface area (TPSA) is 35.6 Å². The second-order valence-corrected chi connectivity index (χ2v) is 14.8. The lowest BCUT2D eigenvalue weighted by molar-refractivity contribution is 1.16. The summed E-state index contributed by atoms with van der Waals surface area (Å²) in [4.78, 5) is 12.3. The molecule has 6 aromatic carbocycles.